The molecule has 3 aromatic rings. The average Bonchev–Trinajstić information content (AvgIpc) is 2.79. The van der Waals surface area contributed by atoms with Crippen LogP contribution in [0.2, 0.25) is 0 Å². The van der Waals surface area contributed by atoms with Crippen molar-refractivity contribution in [2.75, 3.05) is 7.11 Å². The van der Waals surface area contributed by atoms with E-state index in [1.165, 1.54) is 11.8 Å². The first kappa shape index (κ1) is 21.2. The number of esters is 1. The summed E-state index contributed by atoms with van der Waals surface area (Å²) in [6, 6.07) is 22.9. The Morgan fingerprint density at radius 2 is 1.57 bits per heavy atom. The first-order chi connectivity index (χ1) is 14.5. The summed E-state index contributed by atoms with van der Waals surface area (Å²) in [5.41, 5.74) is 1.29. The molecule has 0 spiro atoms. The van der Waals surface area contributed by atoms with Crippen LogP contribution in [0, 0.1) is 11.3 Å². The summed E-state index contributed by atoms with van der Waals surface area (Å²) in [4.78, 5) is 26.8. The number of carbonyl (C=O) groups is 2. The van der Waals surface area contributed by atoms with Crippen LogP contribution in [0.25, 0.3) is 0 Å². The predicted molar refractivity (Wildman–Crippen MR) is 114 cm³/mol. The lowest BCUT2D eigenvalue weighted by molar-refractivity contribution is 0.0315. The summed E-state index contributed by atoms with van der Waals surface area (Å²) in [5, 5.41) is 9.30. The van der Waals surface area contributed by atoms with Crippen LogP contribution >= 0.6 is 11.8 Å². The monoisotopic (exact) mass is 417 g/mol. The molecule has 0 aromatic heterocycles. The van der Waals surface area contributed by atoms with E-state index >= 15 is 0 Å². The second-order valence-electron chi connectivity index (χ2n) is 6.35. The molecule has 1 atom stereocenters. The Hall–Kier alpha value is -3.56. The summed E-state index contributed by atoms with van der Waals surface area (Å²) in [7, 11) is 1.55. The minimum absolute atomic E-state index is 0.300. The maximum absolute atomic E-state index is 12.8. The molecule has 30 heavy (non-hydrogen) atoms. The van der Waals surface area contributed by atoms with Gasteiger partial charge in [-0.05, 0) is 55.5 Å². The Kier molecular flexibility index (Phi) is 6.89. The number of methoxy groups -OCH3 is 1. The van der Waals surface area contributed by atoms with E-state index in [0.717, 1.165) is 4.90 Å². The van der Waals surface area contributed by atoms with Gasteiger partial charge in [0.1, 0.15) is 11.8 Å². The van der Waals surface area contributed by atoms with Crippen LogP contribution in [0.4, 0.5) is 0 Å². The quantitative estimate of drug-likeness (QED) is 0.391. The Morgan fingerprint density at radius 3 is 2.23 bits per heavy atom. The molecular formula is C24H19NO4S. The van der Waals surface area contributed by atoms with Gasteiger partial charge < -0.3 is 9.47 Å². The number of nitrogens with zero attached hydrogens (tertiary/aromatic N) is 1. The fourth-order valence-electron chi connectivity index (χ4n) is 2.76. The summed E-state index contributed by atoms with van der Waals surface area (Å²) in [6.07, 6.45) is -0.949. The molecule has 6 heteroatoms. The van der Waals surface area contributed by atoms with Crippen molar-refractivity contribution in [1.82, 2.24) is 0 Å². The van der Waals surface area contributed by atoms with E-state index in [1.54, 1.807) is 74.7 Å². The van der Waals surface area contributed by atoms with Gasteiger partial charge in [-0.25, -0.2) is 4.79 Å². The lowest BCUT2D eigenvalue weighted by Gasteiger charge is -2.14. The molecule has 0 saturated carbocycles. The second kappa shape index (κ2) is 9.77. The molecule has 3 rings (SSSR count). The minimum Gasteiger partial charge on any atom is -0.497 e. The van der Waals surface area contributed by atoms with Crippen molar-refractivity contribution in [1.29, 1.82) is 5.26 Å². The van der Waals surface area contributed by atoms with Crippen LogP contribution < -0.4 is 4.74 Å². The third-order valence-electron chi connectivity index (χ3n) is 4.36. The zero-order valence-corrected chi connectivity index (χ0v) is 17.3. The van der Waals surface area contributed by atoms with Gasteiger partial charge in [-0.1, -0.05) is 36.0 Å². The largest absolute Gasteiger partial charge is 0.497 e. The number of ether oxygens (including phenoxy) is 2. The van der Waals surface area contributed by atoms with Crippen LogP contribution in [0.3, 0.4) is 0 Å². The van der Waals surface area contributed by atoms with Crippen molar-refractivity contribution in [3.63, 3.8) is 0 Å². The average molecular weight is 417 g/mol. The molecular weight excluding hydrogens is 398 g/mol. The van der Waals surface area contributed by atoms with Crippen LogP contribution in [0.15, 0.2) is 82.6 Å². The second-order valence-corrected chi connectivity index (χ2v) is 7.43. The molecule has 0 aliphatic rings. The highest BCUT2D eigenvalue weighted by Crippen LogP contribution is 2.33. The number of Topliss-reactive ketones (excluding diaryl/α,β-unsaturated/α-hetero) is 1. The van der Waals surface area contributed by atoms with Gasteiger partial charge in [-0.2, -0.15) is 5.26 Å². The summed E-state index contributed by atoms with van der Waals surface area (Å²) in [6.45, 7) is 1.55. The smallest absolute Gasteiger partial charge is 0.340 e. The van der Waals surface area contributed by atoms with E-state index in [-0.39, 0.29) is 5.78 Å². The Labute approximate surface area is 179 Å². The van der Waals surface area contributed by atoms with E-state index in [2.05, 4.69) is 6.07 Å². The first-order valence-electron chi connectivity index (χ1n) is 9.18. The molecule has 5 nitrogen and oxygen atoms in total. The van der Waals surface area contributed by atoms with E-state index in [0.29, 0.717) is 27.3 Å². The van der Waals surface area contributed by atoms with Crippen molar-refractivity contribution in [2.24, 2.45) is 0 Å². The fourth-order valence-corrected chi connectivity index (χ4v) is 3.77. The van der Waals surface area contributed by atoms with Gasteiger partial charge >= 0.3 is 5.97 Å². The van der Waals surface area contributed by atoms with Gasteiger partial charge in [-0.3, -0.25) is 4.79 Å². The van der Waals surface area contributed by atoms with Crippen molar-refractivity contribution >= 4 is 23.5 Å². The van der Waals surface area contributed by atoms with Gasteiger partial charge in [0.15, 0.2) is 6.10 Å². The molecule has 0 fully saturated rings. The first-order valence-corrected chi connectivity index (χ1v) is 10.0. The van der Waals surface area contributed by atoms with Crippen LogP contribution in [-0.2, 0) is 4.74 Å². The third kappa shape index (κ3) is 4.88. The predicted octanol–water partition coefficient (Wildman–Crippen LogP) is 5.15. The number of hydrogen-bond donors (Lipinski definition) is 0. The van der Waals surface area contributed by atoms with Gasteiger partial charge in [-0.15, -0.1) is 0 Å². The van der Waals surface area contributed by atoms with Crippen molar-refractivity contribution in [3.8, 4) is 11.8 Å². The van der Waals surface area contributed by atoms with E-state index in [1.807, 2.05) is 12.1 Å². The molecule has 0 unspecified atom stereocenters. The molecule has 3 aromatic carbocycles. The number of rotatable bonds is 7. The van der Waals surface area contributed by atoms with Gasteiger partial charge in [0.25, 0.3) is 0 Å². The zero-order valence-electron chi connectivity index (χ0n) is 16.5. The fraction of sp³-hybridized carbons (Fsp3) is 0.125. The molecule has 0 aliphatic carbocycles. The normalized spacial score (nSPS) is 11.2. The Balaban J connectivity index is 1.77. The molecule has 0 aliphatic heterocycles. The van der Waals surface area contributed by atoms with E-state index in [9.17, 15) is 14.9 Å². The number of benzene rings is 3. The maximum Gasteiger partial charge on any atom is 0.340 e. The van der Waals surface area contributed by atoms with Gasteiger partial charge in [0.2, 0.25) is 5.78 Å². The number of carbonyl (C=O) groups excluding carboxylic acids is 2. The van der Waals surface area contributed by atoms with Gasteiger partial charge in [0, 0.05) is 15.4 Å². The summed E-state index contributed by atoms with van der Waals surface area (Å²) >= 11 is 1.31. The van der Waals surface area contributed by atoms with Gasteiger partial charge in [0.05, 0.1) is 18.2 Å². The summed E-state index contributed by atoms with van der Waals surface area (Å²) < 4.78 is 10.5. The van der Waals surface area contributed by atoms with Crippen LogP contribution in [-0.4, -0.2) is 25.0 Å². The number of hydrogen-bond acceptors (Lipinski definition) is 6. The molecule has 0 saturated heterocycles. The summed E-state index contributed by atoms with van der Waals surface area (Å²) in [5.74, 6) is -0.257. The molecule has 0 amide bonds. The SMILES string of the molecule is COc1ccc(C(=O)[C@@H](C)OC(=O)c2ccccc2Sc2ccccc2C#N)cc1. The highest BCUT2D eigenvalue weighted by atomic mass is 32.2. The Bertz CT molecular complexity index is 1100. The molecule has 0 N–H and O–H groups in total. The van der Waals surface area contributed by atoms with E-state index in [4.69, 9.17) is 9.47 Å². The number of ketones is 1. The van der Waals surface area contributed by atoms with Crippen LogP contribution in [0.1, 0.15) is 33.2 Å². The van der Waals surface area contributed by atoms with Crippen molar-refractivity contribution in [2.45, 2.75) is 22.8 Å². The zero-order chi connectivity index (χ0) is 21.5. The Morgan fingerprint density at radius 1 is 0.933 bits per heavy atom. The lowest BCUT2D eigenvalue weighted by atomic mass is 10.1. The van der Waals surface area contributed by atoms with Crippen molar-refractivity contribution in [3.05, 3.63) is 89.5 Å². The topological polar surface area (TPSA) is 76.4 Å². The molecule has 150 valence electrons. The molecule has 0 radical (unpaired) electrons. The highest BCUT2D eigenvalue weighted by Gasteiger charge is 2.22. The van der Waals surface area contributed by atoms with Crippen LogP contribution in [0.5, 0.6) is 5.75 Å². The third-order valence-corrected chi connectivity index (χ3v) is 5.51. The molecule has 0 bridgehead atoms. The lowest BCUT2D eigenvalue weighted by Crippen LogP contribution is -2.24. The minimum atomic E-state index is -0.949. The van der Waals surface area contributed by atoms with Crippen molar-refractivity contribution < 1.29 is 19.1 Å². The highest BCUT2D eigenvalue weighted by molar-refractivity contribution is 7.99. The maximum atomic E-state index is 12.8. The number of nitriles is 1. The van der Waals surface area contributed by atoms with E-state index < -0.39 is 12.1 Å². The molecule has 0 heterocycles. The standard InChI is InChI=1S/C24H19NO4S/c1-16(23(26)17-11-13-19(28-2)14-12-17)29-24(27)20-8-4-6-10-22(20)30-21-9-5-3-7-18(21)15-25/h3-14,16H,1-2H3/t16-/m1/s1.